The van der Waals surface area contributed by atoms with E-state index >= 15 is 0 Å². The highest BCUT2D eigenvalue weighted by Gasteiger charge is 2.38. The predicted molar refractivity (Wildman–Crippen MR) is 96.7 cm³/mol. The summed E-state index contributed by atoms with van der Waals surface area (Å²) in [6, 6.07) is 6.69. The standard InChI is InChI=1S/C18H20N4O2S/c1-3-25-18-20-17-19-13-7-10(2)8-14(24)15(13)16(22(17)21-18)11-5-4-6-12(23)9-11/h4-6,9-10,16,23H,3,7-8H2,1-2H3,(H,19,20,21)/t10-,16-/m1/s1. The van der Waals surface area contributed by atoms with Gasteiger partial charge in [-0.15, -0.1) is 5.10 Å². The number of nitrogens with one attached hydrogen (secondary N) is 1. The van der Waals surface area contributed by atoms with E-state index in [1.807, 2.05) is 6.07 Å². The topological polar surface area (TPSA) is 80.0 Å². The number of aromatic nitrogens is 3. The Morgan fingerprint density at radius 3 is 3.00 bits per heavy atom. The summed E-state index contributed by atoms with van der Waals surface area (Å²) in [5, 5.41) is 18.5. The number of nitrogens with zero attached hydrogens (tertiary/aromatic N) is 3. The number of phenols is 1. The lowest BCUT2D eigenvalue weighted by molar-refractivity contribution is -0.117. The second kappa shape index (κ2) is 6.22. The molecule has 1 aliphatic carbocycles. The Hall–Kier alpha value is -2.28. The van der Waals surface area contributed by atoms with Gasteiger partial charge in [-0.25, -0.2) is 4.68 Å². The van der Waals surface area contributed by atoms with Gasteiger partial charge in [0.05, 0.1) is 0 Å². The van der Waals surface area contributed by atoms with Crippen molar-refractivity contribution < 1.29 is 9.90 Å². The van der Waals surface area contributed by atoms with Crippen LogP contribution in [-0.2, 0) is 4.79 Å². The Bertz CT molecular complexity index is 874. The van der Waals surface area contributed by atoms with E-state index in [0.29, 0.717) is 23.4 Å². The molecule has 7 heteroatoms. The molecule has 2 heterocycles. The molecule has 4 rings (SSSR count). The summed E-state index contributed by atoms with van der Waals surface area (Å²) in [4.78, 5) is 17.4. The molecule has 0 radical (unpaired) electrons. The molecule has 1 aliphatic heterocycles. The second-order valence-electron chi connectivity index (χ2n) is 6.55. The number of allylic oxidation sites excluding steroid dienone is 2. The number of hydrogen-bond acceptors (Lipinski definition) is 6. The van der Waals surface area contributed by atoms with E-state index in [1.54, 1.807) is 34.6 Å². The molecule has 2 aromatic rings. The number of Topliss-reactive ketones (excluding diaryl/α,β-unsaturated/α-hetero) is 1. The lowest BCUT2D eigenvalue weighted by atomic mass is 9.81. The predicted octanol–water partition coefficient (Wildman–Crippen LogP) is 3.36. The van der Waals surface area contributed by atoms with Gasteiger partial charge in [0, 0.05) is 17.7 Å². The average Bonchev–Trinajstić information content (AvgIpc) is 2.95. The number of carbonyl (C=O) groups excluding carboxylic acids is 1. The zero-order valence-electron chi connectivity index (χ0n) is 14.2. The summed E-state index contributed by atoms with van der Waals surface area (Å²) in [6.45, 7) is 4.14. The van der Waals surface area contributed by atoms with Crippen LogP contribution < -0.4 is 5.32 Å². The molecule has 0 saturated carbocycles. The van der Waals surface area contributed by atoms with Crippen LogP contribution in [0.4, 0.5) is 5.95 Å². The molecular formula is C18H20N4O2S. The van der Waals surface area contributed by atoms with Gasteiger partial charge in [0.1, 0.15) is 11.8 Å². The van der Waals surface area contributed by atoms with Gasteiger partial charge in [0.2, 0.25) is 11.1 Å². The van der Waals surface area contributed by atoms with Crippen LogP contribution in [0.5, 0.6) is 5.75 Å². The number of hydrogen-bond donors (Lipinski definition) is 2. The van der Waals surface area contributed by atoms with E-state index in [9.17, 15) is 9.90 Å². The number of phenolic OH excluding ortho intramolecular Hbond substituents is 1. The summed E-state index contributed by atoms with van der Waals surface area (Å²) >= 11 is 1.57. The molecule has 25 heavy (non-hydrogen) atoms. The van der Waals surface area contributed by atoms with Crippen molar-refractivity contribution in [3.63, 3.8) is 0 Å². The fraction of sp³-hybridized carbons (Fsp3) is 0.389. The van der Waals surface area contributed by atoms with Crippen molar-refractivity contribution in [2.45, 2.75) is 37.9 Å². The van der Waals surface area contributed by atoms with Crippen LogP contribution in [0.15, 0.2) is 40.7 Å². The highest BCUT2D eigenvalue weighted by Crippen LogP contribution is 2.42. The van der Waals surface area contributed by atoms with Crippen LogP contribution in [-0.4, -0.2) is 31.4 Å². The summed E-state index contributed by atoms with van der Waals surface area (Å²) in [5.74, 6) is 2.16. The summed E-state index contributed by atoms with van der Waals surface area (Å²) in [7, 11) is 0. The molecule has 0 spiro atoms. The normalized spacial score (nSPS) is 22.4. The number of ketones is 1. The van der Waals surface area contributed by atoms with Crippen LogP contribution in [0, 0.1) is 5.92 Å². The molecule has 0 fully saturated rings. The monoisotopic (exact) mass is 356 g/mol. The van der Waals surface area contributed by atoms with Gasteiger partial charge >= 0.3 is 0 Å². The third kappa shape index (κ3) is 2.82. The zero-order valence-corrected chi connectivity index (χ0v) is 15.0. The van der Waals surface area contributed by atoms with Crippen LogP contribution >= 0.6 is 11.8 Å². The first-order chi connectivity index (χ1) is 12.1. The van der Waals surface area contributed by atoms with Crippen LogP contribution in [0.3, 0.4) is 0 Å². The molecule has 2 atom stereocenters. The fourth-order valence-electron chi connectivity index (χ4n) is 3.58. The Kier molecular flexibility index (Phi) is 4.03. The van der Waals surface area contributed by atoms with Gasteiger partial charge in [-0.05, 0) is 35.8 Å². The third-order valence-corrected chi connectivity index (χ3v) is 5.28. The number of fused-ring (bicyclic) bond motifs is 1. The van der Waals surface area contributed by atoms with Crippen molar-refractivity contribution >= 4 is 23.5 Å². The molecule has 0 saturated heterocycles. The number of rotatable bonds is 3. The van der Waals surface area contributed by atoms with Gasteiger partial charge < -0.3 is 10.4 Å². The Morgan fingerprint density at radius 1 is 1.40 bits per heavy atom. The minimum Gasteiger partial charge on any atom is -0.508 e. The van der Waals surface area contributed by atoms with Crippen molar-refractivity contribution in [2.24, 2.45) is 5.92 Å². The van der Waals surface area contributed by atoms with Crippen molar-refractivity contribution in [1.29, 1.82) is 0 Å². The number of thioether (sulfide) groups is 1. The molecule has 2 N–H and O–H groups in total. The maximum atomic E-state index is 12.8. The van der Waals surface area contributed by atoms with E-state index < -0.39 is 0 Å². The highest BCUT2D eigenvalue weighted by molar-refractivity contribution is 7.99. The lowest BCUT2D eigenvalue weighted by Crippen LogP contribution is -2.33. The number of carbonyl (C=O) groups is 1. The van der Waals surface area contributed by atoms with Crippen LogP contribution in [0.2, 0.25) is 0 Å². The molecule has 2 aliphatic rings. The van der Waals surface area contributed by atoms with E-state index in [4.69, 9.17) is 0 Å². The van der Waals surface area contributed by atoms with Crippen molar-refractivity contribution in [3.05, 3.63) is 41.1 Å². The zero-order chi connectivity index (χ0) is 17.6. The van der Waals surface area contributed by atoms with Crippen molar-refractivity contribution in [1.82, 2.24) is 14.8 Å². The van der Waals surface area contributed by atoms with Gasteiger partial charge in [-0.3, -0.25) is 4.79 Å². The molecule has 6 nitrogen and oxygen atoms in total. The first kappa shape index (κ1) is 16.2. The molecule has 1 aromatic heterocycles. The first-order valence-electron chi connectivity index (χ1n) is 8.48. The summed E-state index contributed by atoms with van der Waals surface area (Å²) in [6.07, 6.45) is 1.36. The largest absolute Gasteiger partial charge is 0.508 e. The molecule has 0 bridgehead atoms. The first-order valence-corrected chi connectivity index (χ1v) is 9.47. The SMILES string of the molecule is CCSc1nc2n(n1)[C@H](c1cccc(O)c1)C1=C(C[C@@H](C)CC1=O)N2. The van der Waals surface area contributed by atoms with E-state index in [1.165, 1.54) is 0 Å². The van der Waals surface area contributed by atoms with Crippen LogP contribution in [0.25, 0.3) is 0 Å². The second-order valence-corrected chi connectivity index (χ2v) is 7.78. The maximum Gasteiger partial charge on any atom is 0.227 e. The maximum absolute atomic E-state index is 12.8. The number of benzene rings is 1. The lowest BCUT2D eigenvalue weighted by Gasteiger charge is -2.34. The minimum atomic E-state index is -0.350. The van der Waals surface area contributed by atoms with Crippen LogP contribution in [0.1, 0.15) is 38.3 Å². The Morgan fingerprint density at radius 2 is 2.24 bits per heavy atom. The molecular weight excluding hydrogens is 336 g/mol. The number of aromatic hydroxyl groups is 1. The summed E-state index contributed by atoms with van der Waals surface area (Å²) < 4.78 is 1.78. The molecule has 130 valence electrons. The van der Waals surface area contributed by atoms with Crippen molar-refractivity contribution in [2.75, 3.05) is 11.1 Å². The van der Waals surface area contributed by atoms with Gasteiger partial charge in [-0.1, -0.05) is 37.7 Å². The van der Waals surface area contributed by atoms with Gasteiger partial charge in [0.15, 0.2) is 5.78 Å². The third-order valence-electron chi connectivity index (χ3n) is 4.56. The Balaban J connectivity index is 1.88. The van der Waals surface area contributed by atoms with Crippen molar-refractivity contribution in [3.8, 4) is 5.75 Å². The minimum absolute atomic E-state index is 0.139. The molecule has 0 amide bonds. The fourth-order valence-corrected chi connectivity index (χ4v) is 4.14. The van der Waals surface area contributed by atoms with E-state index in [-0.39, 0.29) is 17.6 Å². The average molecular weight is 356 g/mol. The summed E-state index contributed by atoms with van der Waals surface area (Å²) in [5.41, 5.74) is 2.52. The van der Waals surface area contributed by atoms with E-state index in [0.717, 1.165) is 29.0 Å². The molecule has 1 aromatic carbocycles. The smallest absolute Gasteiger partial charge is 0.227 e. The van der Waals surface area contributed by atoms with E-state index in [2.05, 4.69) is 29.2 Å². The van der Waals surface area contributed by atoms with Gasteiger partial charge in [-0.2, -0.15) is 4.98 Å². The molecule has 0 unspecified atom stereocenters. The van der Waals surface area contributed by atoms with Gasteiger partial charge in [0.25, 0.3) is 0 Å². The highest BCUT2D eigenvalue weighted by atomic mass is 32.2. The Labute approximate surface area is 150 Å². The quantitative estimate of drug-likeness (QED) is 0.821. The number of anilines is 1.